The minimum atomic E-state index is 0.186. The number of hydrogen-bond donors (Lipinski definition) is 2. The summed E-state index contributed by atoms with van der Waals surface area (Å²) >= 11 is 0. The van der Waals surface area contributed by atoms with Crippen molar-refractivity contribution in [2.75, 3.05) is 32.8 Å². The zero-order chi connectivity index (χ0) is 13.6. The van der Waals surface area contributed by atoms with E-state index in [0.29, 0.717) is 5.41 Å². The van der Waals surface area contributed by atoms with Crippen molar-refractivity contribution in [3.05, 3.63) is 0 Å². The van der Waals surface area contributed by atoms with E-state index in [0.717, 1.165) is 45.7 Å². The molecule has 4 nitrogen and oxygen atoms in total. The van der Waals surface area contributed by atoms with Gasteiger partial charge in [0, 0.05) is 26.3 Å². The molecule has 1 aliphatic heterocycles. The minimum Gasteiger partial charge on any atom is -0.382 e. The van der Waals surface area contributed by atoms with Crippen molar-refractivity contribution in [2.24, 2.45) is 11.3 Å². The predicted octanol–water partition coefficient (Wildman–Crippen LogP) is 1.70. The van der Waals surface area contributed by atoms with Gasteiger partial charge in [0.05, 0.1) is 5.92 Å². The molecule has 0 aromatic heterocycles. The van der Waals surface area contributed by atoms with E-state index in [2.05, 4.69) is 10.6 Å². The molecule has 0 spiro atoms. The van der Waals surface area contributed by atoms with Gasteiger partial charge in [-0.05, 0) is 44.6 Å². The van der Waals surface area contributed by atoms with E-state index < -0.39 is 0 Å². The van der Waals surface area contributed by atoms with Crippen molar-refractivity contribution >= 4 is 5.91 Å². The topological polar surface area (TPSA) is 50.4 Å². The molecule has 2 aliphatic rings. The molecule has 2 rings (SSSR count). The number of hydrogen-bond acceptors (Lipinski definition) is 3. The SMILES string of the molecule is CCOCCC1(CNC(=O)C2CCNC2)CCCC1. The van der Waals surface area contributed by atoms with Crippen molar-refractivity contribution in [3.8, 4) is 0 Å². The molecule has 1 unspecified atom stereocenters. The molecule has 1 amide bonds. The van der Waals surface area contributed by atoms with Crippen molar-refractivity contribution in [1.29, 1.82) is 0 Å². The van der Waals surface area contributed by atoms with Crippen molar-refractivity contribution in [1.82, 2.24) is 10.6 Å². The molecular weight excluding hydrogens is 240 g/mol. The number of carbonyl (C=O) groups excluding carboxylic acids is 1. The summed E-state index contributed by atoms with van der Waals surface area (Å²) in [4.78, 5) is 12.1. The molecule has 0 radical (unpaired) electrons. The van der Waals surface area contributed by atoms with E-state index in [1.54, 1.807) is 0 Å². The first-order valence-corrected chi connectivity index (χ1v) is 7.82. The van der Waals surface area contributed by atoms with Crippen LogP contribution in [0.5, 0.6) is 0 Å². The van der Waals surface area contributed by atoms with Crippen LogP contribution in [-0.4, -0.2) is 38.8 Å². The summed E-state index contributed by atoms with van der Waals surface area (Å²) in [6.45, 7) is 6.32. The van der Waals surface area contributed by atoms with Gasteiger partial charge >= 0.3 is 0 Å². The number of carbonyl (C=O) groups is 1. The Morgan fingerprint density at radius 2 is 2.21 bits per heavy atom. The maximum absolute atomic E-state index is 12.1. The van der Waals surface area contributed by atoms with Crippen LogP contribution >= 0.6 is 0 Å². The molecule has 0 aromatic rings. The maximum Gasteiger partial charge on any atom is 0.224 e. The van der Waals surface area contributed by atoms with E-state index in [1.807, 2.05) is 6.92 Å². The van der Waals surface area contributed by atoms with E-state index in [-0.39, 0.29) is 11.8 Å². The van der Waals surface area contributed by atoms with Gasteiger partial charge in [-0.15, -0.1) is 0 Å². The summed E-state index contributed by atoms with van der Waals surface area (Å²) < 4.78 is 5.50. The average Bonchev–Trinajstić information content (AvgIpc) is 3.08. The van der Waals surface area contributed by atoms with E-state index >= 15 is 0 Å². The number of nitrogens with one attached hydrogen (secondary N) is 2. The van der Waals surface area contributed by atoms with Crippen LogP contribution in [0.1, 0.15) is 45.4 Å². The monoisotopic (exact) mass is 268 g/mol. The van der Waals surface area contributed by atoms with Crippen LogP contribution in [0.2, 0.25) is 0 Å². The molecule has 2 fully saturated rings. The van der Waals surface area contributed by atoms with Gasteiger partial charge in [-0.3, -0.25) is 4.79 Å². The highest BCUT2D eigenvalue weighted by molar-refractivity contribution is 5.79. The standard InChI is InChI=1S/C15H28N2O2/c1-2-19-10-8-15(6-3-4-7-15)12-17-14(18)13-5-9-16-11-13/h13,16H,2-12H2,1H3,(H,17,18). The Hall–Kier alpha value is -0.610. The lowest BCUT2D eigenvalue weighted by molar-refractivity contribution is -0.125. The molecule has 1 saturated heterocycles. The van der Waals surface area contributed by atoms with Gasteiger partial charge in [0.2, 0.25) is 5.91 Å². The molecule has 1 aliphatic carbocycles. The molecule has 4 heteroatoms. The van der Waals surface area contributed by atoms with Crippen LogP contribution in [-0.2, 0) is 9.53 Å². The highest BCUT2D eigenvalue weighted by atomic mass is 16.5. The quantitative estimate of drug-likeness (QED) is 0.691. The molecule has 1 saturated carbocycles. The highest BCUT2D eigenvalue weighted by Crippen LogP contribution is 2.40. The fraction of sp³-hybridized carbons (Fsp3) is 0.933. The molecule has 110 valence electrons. The lowest BCUT2D eigenvalue weighted by Crippen LogP contribution is -2.40. The smallest absolute Gasteiger partial charge is 0.224 e. The number of amides is 1. The molecular formula is C15H28N2O2. The summed E-state index contributed by atoms with van der Waals surface area (Å²) in [7, 11) is 0. The second-order valence-corrected chi connectivity index (χ2v) is 6.06. The molecule has 19 heavy (non-hydrogen) atoms. The Labute approximate surface area is 116 Å². The molecule has 1 atom stereocenters. The van der Waals surface area contributed by atoms with Crippen molar-refractivity contribution < 1.29 is 9.53 Å². The zero-order valence-corrected chi connectivity index (χ0v) is 12.2. The van der Waals surface area contributed by atoms with Crippen molar-refractivity contribution in [2.45, 2.75) is 45.4 Å². The normalized spacial score (nSPS) is 25.6. The van der Waals surface area contributed by atoms with E-state index in [1.165, 1.54) is 25.7 Å². The highest BCUT2D eigenvalue weighted by Gasteiger charge is 2.34. The van der Waals surface area contributed by atoms with Crippen LogP contribution in [0.3, 0.4) is 0 Å². The maximum atomic E-state index is 12.1. The summed E-state index contributed by atoms with van der Waals surface area (Å²) in [5.41, 5.74) is 0.302. The van der Waals surface area contributed by atoms with Gasteiger partial charge in [-0.1, -0.05) is 12.8 Å². The molecule has 2 N–H and O–H groups in total. The summed E-state index contributed by atoms with van der Waals surface area (Å²) in [6.07, 6.45) is 7.15. The predicted molar refractivity (Wildman–Crippen MR) is 76.0 cm³/mol. The van der Waals surface area contributed by atoms with Crippen LogP contribution in [0.15, 0.2) is 0 Å². The second-order valence-electron chi connectivity index (χ2n) is 6.06. The zero-order valence-electron chi connectivity index (χ0n) is 12.2. The van der Waals surface area contributed by atoms with Gasteiger partial charge in [0.1, 0.15) is 0 Å². The van der Waals surface area contributed by atoms with Gasteiger partial charge in [0.25, 0.3) is 0 Å². The summed E-state index contributed by atoms with van der Waals surface area (Å²) in [6, 6.07) is 0. The molecule has 0 aromatic carbocycles. The molecule has 1 heterocycles. The van der Waals surface area contributed by atoms with Crippen LogP contribution in [0, 0.1) is 11.3 Å². The Bertz CT molecular complexity index is 282. The first-order chi connectivity index (χ1) is 9.26. The first-order valence-electron chi connectivity index (χ1n) is 7.82. The summed E-state index contributed by atoms with van der Waals surface area (Å²) in [5.74, 6) is 0.429. The Morgan fingerprint density at radius 3 is 2.84 bits per heavy atom. The third-order valence-electron chi connectivity index (χ3n) is 4.71. The second kappa shape index (κ2) is 7.25. The van der Waals surface area contributed by atoms with Gasteiger partial charge < -0.3 is 15.4 Å². The van der Waals surface area contributed by atoms with Crippen LogP contribution < -0.4 is 10.6 Å². The fourth-order valence-electron chi connectivity index (χ4n) is 3.37. The van der Waals surface area contributed by atoms with Crippen LogP contribution in [0.4, 0.5) is 0 Å². The fourth-order valence-corrected chi connectivity index (χ4v) is 3.37. The Balaban J connectivity index is 1.77. The molecule has 0 bridgehead atoms. The first kappa shape index (κ1) is 14.8. The van der Waals surface area contributed by atoms with Gasteiger partial charge in [0.15, 0.2) is 0 Å². The third-order valence-corrected chi connectivity index (χ3v) is 4.71. The van der Waals surface area contributed by atoms with Gasteiger partial charge in [-0.25, -0.2) is 0 Å². The lowest BCUT2D eigenvalue weighted by Gasteiger charge is -2.29. The van der Waals surface area contributed by atoms with E-state index in [4.69, 9.17) is 4.74 Å². The number of ether oxygens (including phenoxy) is 1. The summed E-state index contributed by atoms with van der Waals surface area (Å²) in [5, 5.41) is 6.45. The number of rotatable bonds is 7. The van der Waals surface area contributed by atoms with Gasteiger partial charge in [-0.2, -0.15) is 0 Å². The largest absolute Gasteiger partial charge is 0.382 e. The minimum absolute atomic E-state index is 0.186. The lowest BCUT2D eigenvalue weighted by atomic mass is 9.82. The van der Waals surface area contributed by atoms with Crippen molar-refractivity contribution in [3.63, 3.8) is 0 Å². The van der Waals surface area contributed by atoms with Crippen LogP contribution in [0.25, 0.3) is 0 Å². The Kier molecular flexibility index (Phi) is 5.64. The third kappa shape index (κ3) is 4.18. The van der Waals surface area contributed by atoms with E-state index in [9.17, 15) is 4.79 Å². The average molecular weight is 268 g/mol. The Morgan fingerprint density at radius 1 is 1.42 bits per heavy atom.